The van der Waals surface area contributed by atoms with E-state index in [4.69, 9.17) is 19.3 Å². The van der Waals surface area contributed by atoms with Gasteiger partial charge in [-0.3, -0.25) is 19.2 Å². The van der Waals surface area contributed by atoms with Gasteiger partial charge in [0.05, 0.1) is 22.2 Å². The van der Waals surface area contributed by atoms with Gasteiger partial charge in [0.15, 0.2) is 0 Å². The third-order valence-electron chi connectivity index (χ3n) is 8.39. The zero-order chi connectivity index (χ0) is 29.9. The summed E-state index contributed by atoms with van der Waals surface area (Å²) in [5.74, 6) is -0.382. The first-order valence-electron chi connectivity index (χ1n) is 14.0. The van der Waals surface area contributed by atoms with E-state index in [1.165, 1.54) is 0 Å². The Balaban J connectivity index is 0.000000315. The van der Waals surface area contributed by atoms with E-state index in [0.29, 0.717) is 18.3 Å². The number of hydrogen-bond acceptors (Lipinski definition) is 7. The van der Waals surface area contributed by atoms with Crippen LogP contribution in [-0.2, 0) is 33.4 Å². The Hall–Kier alpha value is -2.12. The maximum atomic E-state index is 12.1. The molecule has 1 heterocycles. The molecule has 2 bridgehead atoms. The van der Waals surface area contributed by atoms with Gasteiger partial charge in [0.25, 0.3) is 0 Å². The molecule has 2 aliphatic carbocycles. The number of rotatable bonds is 7. The summed E-state index contributed by atoms with van der Waals surface area (Å²) in [6.45, 7) is 22.5. The summed E-state index contributed by atoms with van der Waals surface area (Å²) in [6, 6.07) is 0. The van der Waals surface area contributed by atoms with E-state index in [1.807, 2.05) is 69.2 Å². The Morgan fingerprint density at radius 1 is 0.816 bits per heavy atom. The van der Waals surface area contributed by atoms with Crippen molar-refractivity contribution in [3.63, 3.8) is 0 Å². The molecule has 8 heteroatoms. The number of carboxylic acid groups (broad SMARTS) is 1. The number of carbonyl (C=O) groups excluding carboxylic acids is 3. The Morgan fingerprint density at radius 2 is 1.29 bits per heavy atom. The van der Waals surface area contributed by atoms with Gasteiger partial charge in [0.1, 0.15) is 17.8 Å². The number of fused-ring (bicyclic) bond motifs is 1. The molecule has 8 nitrogen and oxygen atoms in total. The van der Waals surface area contributed by atoms with E-state index < -0.39 is 16.8 Å². The van der Waals surface area contributed by atoms with E-state index in [2.05, 4.69) is 0 Å². The first-order valence-corrected chi connectivity index (χ1v) is 14.0. The summed E-state index contributed by atoms with van der Waals surface area (Å²) in [4.78, 5) is 45.5. The van der Waals surface area contributed by atoms with Crippen molar-refractivity contribution in [1.82, 2.24) is 0 Å². The van der Waals surface area contributed by atoms with E-state index in [1.54, 1.807) is 13.8 Å². The van der Waals surface area contributed by atoms with Gasteiger partial charge in [-0.25, -0.2) is 0 Å². The molecule has 3 aliphatic rings. The number of esters is 3. The summed E-state index contributed by atoms with van der Waals surface area (Å²) >= 11 is 0. The molecule has 0 spiro atoms. The fourth-order valence-electron chi connectivity index (χ4n) is 4.20. The van der Waals surface area contributed by atoms with Crippen LogP contribution < -0.4 is 0 Å². The van der Waals surface area contributed by atoms with Crippen molar-refractivity contribution >= 4 is 23.9 Å². The number of hydrogen-bond donors (Lipinski definition) is 1. The summed E-state index contributed by atoms with van der Waals surface area (Å²) in [5, 5.41) is 8.44. The molecule has 2 saturated carbocycles. The lowest BCUT2D eigenvalue weighted by atomic mass is 9.87. The van der Waals surface area contributed by atoms with Crippen molar-refractivity contribution in [2.45, 2.75) is 133 Å². The first kappa shape index (κ1) is 33.9. The average Bonchev–Trinajstić information content (AvgIpc) is 3.44. The number of carbonyl (C=O) groups is 4. The maximum absolute atomic E-state index is 12.1. The van der Waals surface area contributed by atoms with Crippen LogP contribution in [0.3, 0.4) is 0 Å². The average molecular weight is 541 g/mol. The minimum absolute atomic E-state index is 0.0779. The first-order chi connectivity index (χ1) is 17.1. The van der Waals surface area contributed by atoms with Crippen molar-refractivity contribution in [2.24, 2.45) is 34.0 Å². The molecule has 5 atom stereocenters. The van der Waals surface area contributed by atoms with Crippen LogP contribution in [0.25, 0.3) is 0 Å². The highest BCUT2D eigenvalue weighted by molar-refractivity contribution is 5.78. The quantitative estimate of drug-likeness (QED) is 0.300. The van der Waals surface area contributed by atoms with Crippen LogP contribution in [0.15, 0.2) is 0 Å². The van der Waals surface area contributed by atoms with E-state index >= 15 is 0 Å². The van der Waals surface area contributed by atoms with Gasteiger partial charge in [-0.1, -0.05) is 20.8 Å². The normalized spacial score (nSPS) is 25.9. The third kappa shape index (κ3) is 8.44. The Labute approximate surface area is 229 Å². The molecular formula is C30H52O8. The minimum Gasteiger partial charge on any atom is -0.481 e. The van der Waals surface area contributed by atoms with E-state index in [9.17, 15) is 19.2 Å². The lowest BCUT2D eigenvalue weighted by Crippen LogP contribution is -2.39. The van der Waals surface area contributed by atoms with Gasteiger partial charge in [0, 0.05) is 11.8 Å². The Morgan fingerprint density at radius 3 is 1.68 bits per heavy atom. The summed E-state index contributed by atoms with van der Waals surface area (Å²) < 4.78 is 16.3. The summed E-state index contributed by atoms with van der Waals surface area (Å²) in [6.07, 6.45) is 3.69. The number of ether oxygens (including phenoxy) is 3. The molecular weight excluding hydrogens is 488 g/mol. The van der Waals surface area contributed by atoms with Crippen LogP contribution in [-0.4, -0.2) is 46.8 Å². The second-order valence-electron chi connectivity index (χ2n) is 13.8. The van der Waals surface area contributed by atoms with Gasteiger partial charge >= 0.3 is 23.9 Å². The Kier molecular flexibility index (Phi) is 11.0. The lowest BCUT2D eigenvalue weighted by Gasteiger charge is -2.29. The van der Waals surface area contributed by atoms with Crippen LogP contribution in [0.1, 0.15) is 115 Å². The highest BCUT2D eigenvalue weighted by Gasteiger charge is 2.63. The highest BCUT2D eigenvalue weighted by Crippen LogP contribution is 2.55. The molecule has 0 radical (unpaired) electrons. The molecule has 1 aliphatic heterocycles. The van der Waals surface area contributed by atoms with Crippen molar-refractivity contribution < 1.29 is 38.5 Å². The number of carboxylic acids is 1. The fourth-order valence-corrected chi connectivity index (χ4v) is 4.20. The molecule has 0 amide bonds. The van der Waals surface area contributed by atoms with Crippen molar-refractivity contribution in [3.8, 4) is 0 Å². The van der Waals surface area contributed by atoms with Gasteiger partial charge < -0.3 is 19.3 Å². The zero-order valence-electron chi connectivity index (χ0n) is 25.7. The second-order valence-corrected chi connectivity index (χ2v) is 13.8. The molecule has 220 valence electrons. The van der Waals surface area contributed by atoms with Crippen molar-refractivity contribution in [3.05, 3.63) is 0 Å². The number of aliphatic carboxylic acids is 1. The topological polar surface area (TPSA) is 116 Å². The van der Waals surface area contributed by atoms with Gasteiger partial charge in [-0.05, 0) is 94.4 Å². The van der Waals surface area contributed by atoms with Crippen LogP contribution in [0.2, 0.25) is 0 Å². The van der Waals surface area contributed by atoms with Gasteiger partial charge in [0.2, 0.25) is 0 Å². The molecule has 1 N–H and O–H groups in total. The van der Waals surface area contributed by atoms with Gasteiger partial charge in [-0.15, -0.1) is 0 Å². The molecule has 5 unspecified atom stereocenters. The monoisotopic (exact) mass is 540 g/mol. The SMILES string of the molecule is CCC(C)(C)C(=O)O.CCC(C)(C)C(=O)OC(C)(C)C.CCC(C)(C)C(=O)OC1C2CC3C(=O)OC1C3C2. The van der Waals surface area contributed by atoms with Crippen LogP contribution >= 0.6 is 0 Å². The van der Waals surface area contributed by atoms with E-state index in [0.717, 1.165) is 25.7 Å². The fraction of sp³-hybridized carbons (Fsp3) is 0.867. The predicted octanol–water partition coefficient (Wildman–Crippen LogP) is 6.19. The molecule has 3 rings (SSSR count). The second kappa shape index (κ2) is 12.4. The van der Waals surface area contributed by atoms with Crippen molar-refractivity contribution in [2.75, 3.05) is 0 Å². The van der Waals surface area contributed by atoms with Crippen molar-refractivity contribution in [1.29, 1.82) is 0 Å². The zero-order valence-corrected chi connectivity index (χ0v) is 25.7. The molecule has 0 aromatic carbocycles. The molecule has 0 aromatic heterocycles. The van der Waals surface area contributed by atoms with Gasteiger partial charge in [-0.2, -0.15) is 0 Å². The summed E-state index contributed by atoms with van der Waals surface area (Å²) in [7, 11) is 0. The minimum atomic E-state index is -0.722. The molecule has 3 fully saturated rings. The standard InChI is InChI=1S/C14H20O4.C10H20O2.C6H12O2/c1-4-14(2,3)13(16)18-10-7-5-8-9(6-7)12(15)17-11(8)10;1-7-10(5,6)8(11)12-9(2,3)4;1-4-6(2,3)5(7)8/h7-11H,4-6H2,1-3H3;7H2,1-6H3;4H2,1-3H3,(H,7,8). The Bertz CT molecular complexity index is 864. The molecule has 1 saturated heterocycles. The third-order valence-corrected chi connectivity index (χ3v) is 8.39. The largest absolute Gasteiger partial charge is 0.481 e. The van der Waals surface area contributed by atoms with Crippen LogP contribution in [0, 0.1) is 34.0 Å². The highest BCUT2D eigenvalue weighted by atomic mass is 16.6. The molecule has 38 heavy (non-hydrogen) atoms. The lowest BCUT2D eigenvalue weighted by molar-refractivity contribution is -0.170. The molecule has 0 aromatic rings. The van der Waals surface area contributed by atoms with E-state index in [-0.39, 0.29) is 47.0 Å². The predicted molar refractivity (Wildman–Crippen MR) is 145 cm³/mol. The maximum Gasteiger partial charge on any atom is 0.312 e. The smallest absolute Gasteiger partial charge is 0.312 e. The van der Waals surface area contributed by atoms with Crippen LogP contribution in [0.4, 0.5) is 0 Å². The van der Waals surface area contributed by atoms with Crippen LogP contribution in [0.5, 0.6) is 0 Å². The summed E-state index contributed by atoms with van der Waals surface area (Å²) in [5.41, 5.74) is -1.72.